The average Bonchev–Trinajstić information content (AvgIpc) is 3.29. The van der Waals surface area contributed by atoms with Gasteiger partial charge in [0.15, 0.2) is 0 Å². The Morgan fingerprint density at radius 3 is 2.81 bits per heavy atom. The molecule has 2 saturated heterocycles. The highest BCUT2D eigenvalue weighted by Crippen LogP contribution is 2.26. The molecule has 0 N–H and O–H groups in total. The minimum absolute atomic E-state index is 0.348. The van der Waals surface area contributed by atoms with E-state index in [1.54, 1.807) is 0 Å². The van der Waals surface area contributed by atoms with Gasteiger partial charge in [-0.1, -0.05) is 6.07 Å². The Morgan fingerprint density at radius 2 is 2.08 bits per heavy atom. The maximum atomic E-state index is 12.1. The number of rotatable bonds is 4. The van der Waals surface area contributed by atoms with Crippen molar-refractivity contribution >= 4 is 5.91 Å². The molecule has 0 radical (unpaired) electrons. The molecule has 0 bridgehead atoms. The third-order valence-corrected chi connectivity index (χ3v) is 5.76. The Hall–Kier alpha value is -2.14. The number of likely N-dealkylation sites (tertiary alicyclic amines) is 2. The fourth-order valence-electron chi connectivity index (χ4n) is 4.50. The number of carbonyl (C=O) groups is 1. The van der Waals surface area contributed by atoms with Gasteiger partial charge >= 0.3 is 0 Å². The van der Waals surface area contributed by atoms with Crippen LogP contribution in [0.5, 0.6) is 0 Å². The van der Waals surface area contributed by atoms with Crippen LogP contribution in [0.4, 0.5) is 0 Å². The van der Waals surface area contributed by atoms with E-state index < -0.39 is 0 Å². The van der Waals surface area contributed by atoms with Crippen LogP contribution in [-0.2, 0) is 11.3 Å². The smallest absolute Gasteiger partial charge is 0.222 e. The van der Waals surface area contributed by atoms with Crippen LogP contribution < -0.4 is 0 Å². The van der Waals surface area contributed by atoms with E-state index in [0.29, 0.717) is 11.9 Å². The Labute approximate surface area is 155 Å². The molecule has 0 saturated carbocycles. The van der Waals surface area contributed by atoms with Gasteiger partial charge in [0.2, 0.25) is 5.91 Å². The molecule has 0 spiro atoms. The summed E-state index contributed by atoms with van der Waals surface area (Å²) in [5, 5.41) is 4.46. The summed E-state index contributed by atoms with van der Waals surface area (Å²) in [6, 6.07) is 6.84. The molecule has 1 unspecified atom stereocenters. The Bertz CT molecular complexity index is 784. The van der Waals surface area contributed by atoms with Crippen LogP contribution in [0.2, 0.25) is 0 Å². The van der Waals surface area contributed by atoms with Crippen molar-refractivity contribution in [3.8, 4) is 5.69 Å². The summed E-state index contributed by atoms with van der Waals surface area (Å²) < 4.78 is 1.97. The van der Waals surface area contributed by atoms with E-state index in [2.05, 4.69) is 40.9 Å². The molecule has 1 aromatic carbocycles. The van der Waals surface area contributed by atoms with Crippen molar-refractivity contribution in [2.75, 3.05) is 19.6 Å². The number of hydrogen-bond acceptors (Lipinski definition) is 3. The Morgan fingerprint density at radius 1 is 1.19 bits per heavy atom. The number of carbonyl (C=O) groups excluding carboxylic acids is 1. The zero-order valence-electron chi connectivity index (χ0n) is 15.8. The summed E-state index contributed by atoms with van der Waals surface area (Å²) in [7, 11) is 0. The first-order chi connectivity index (χ1) is 12.6. The van der Waals surface area contributed by atoms with E-state index in [0.717, 1.165) is 51.9 Å². The van der Waals surface area contributed by atoms with Crippen LogP contribution in [0.3, 0.4) is 0 Å². The van der Waals surface area contributed by atoms with E-state index in [1.807, 2.05) is 23.1 Å². The molecule has 5 heteroatoms. The van der Waals surface area contributed by atoms with E-state index in [1.165, 1.54) is 22.4 Å². The molecule has 5 nitrogen and oxygen atoms in total. The fraction of sp³-hybridized carbons (Fsp3) is 0.524. The van der Waals surface area contributed by atoms with Crippen LogP contribution >= 0.6 is 0 Å². The second kappa shape index (κ2) is 7.23. The maximum absolute atomic E-state index is 12.1. The van der Waals surface area contributed by atoms with Gasteiger partial charge in [-0.15, -0.1) is 0 Å². The Kier molecular flexibility index (Phi) is 4.81. The van der Waals surface area contributed by atoms with Gasteiger partial charge in [-0.05, 0) is 68.5 Å². The predicted octanol–water partition coefficient (Wildman–Crippen LogP) is 3.08. The molecule has 2 aliphatic rings. The molecule has 1 aromatic heterocycles. The van der Waals surface area contributed by atoms with Crippen molar-refractivity contribution in [1.29, 1.82) is 0 Å². The number of hydrogen-bond donors (Lipinski definition) is 0. The van der Waals surface area contributed by atoms with Gasteiger partial charge in [-0.25, -0.2) is 4.68 Å². The molecular weight excluding hydrogens is 324 g/mol. The first kappa shape index (κ1) is 17.3. The number of aromatic nitrogens is 2. The van der Waals surface area contributed by atoms with Gasteiger partial charge in [-0.3, -0.25) is 9.69 Å². The average molecular weight is 352 g/mol. The van der Waals surface area contributed by atoms with Gasteiger partial charge in [0.05, 0.1) is 5.69 Å². The summed E-state index contributed by atoms with van der Waals surface area (Å²) in [5.41, 5.74) is 5.09. The van der Waals surface area contributed by atoms with Crippen molar-refractivity contribution in [2.45, 2.75) is 52.1 Å². The fourth-order valence-corrected chi connectivity index (χ4v) is 4.50. The number of amides is 1. The molecule has 2 aliphatic heterocycles. The normalized spacial score (nSPS) is 21.5. The first-order valence-corrected chi connectivity index (χ1v) is 9.74. The molecule has 1 atom stereocenters. The molecule has 1 amide bonds. The van der Waals surface area contributed by atoms with Crippen LogP contribution in [0.15, 0.2) is 30.6 Å². The predicted molar refractivity (Wildman–Crippen MR) is 102 cm³/mol. The van der Waals surface area contributed by atoms with E-state index in [-0.39, 0.29) is 0 Å². The van der Waals surface area contributed by atoms with Crippen LogP contribution in [-0.4, -0.2) is 51.2 Å². The lowest BCUT2D eigenvalue weighted by Crippen LogP contribution is -2.48. The lowest BCUT2D eigenvalue weighted by Gasteiger charge is -2.38. The van der Waals surface area contributed by atoms with E-state index in [9.17, 15) is 4.79 Å². The lowest BCUT2D eigenvalue weighted by molar-refractivity contribution is -0.130. The topological polar surface area (TPSA) is 41.4 Å². The van der Waals surface area contributed by atoms with Crippen LogP contribution in [0.1, 0.15) is 42.4 Å². The van der Waals surface area contributed by atoms with Crippen molar-refractivity contribution in [3.63, 3.8) is 0 Å². The van der Waals surface area contributed by atoms with Crippen LogP contribution in [0, 0.1) is 13.8 Å². The molecule has 2 fully saturated rings. The molecule has 4 rings (SSSR count). The third-order valence-electron chi connectivity index (χ3n) is 5.76. The van der Waals surface area contributed by atoms with Crippen LogP contribution in [0.25, 0.3) is 5.69 Å². The highest BCUT2D eigenvalue weighted by atomic mass is 16.2. The van der Waals surface area contributed by atoms with Gasteiger partial charge in [0, 0.05) is 44.5 Å². The quantitative estimate of drug-likeness (QED) is 0.849. The van der Waals surface area contributed by atoms with Gasteiger partial charge < -0.3 is 4.90 Å². The molecular formula is C21H28N4O. The highest BCUT2D eigenvalue weighted by molar-refractivity contribution is 5.78. The zero-order valence-corrected chi connectivity index (χ0v) is 15.8. The largest absolute Gasteiger partial charge is 0.338 e. The minimum Gasteiger partial charge on any atom is -0.338 e. The standard InChI is InChI=1S/C21H28N4O/c1-16-12-17(2)19(20(13-16)25-11-5-8-22-25)15-23-9-3-6-18(14-23)24-10-4-7-21(24)26/h5,8,11-13,18H,3-4,6-7,9-10,14-15H2,1-2H3. The summed E-state index contributed by atoms with van der Waals surface area (Å²) in [5.74, 6) is 0.348. The number of piperidine rings is 1. The second-order valence-electron chi connectivity index (χ2n) is 7.75. The molecule has 2 aromatic rings. The molecule has 26 heavy (non-hydrogen) atoms. The SMILES string of the molecule is Cc1cc(C)c(CN2CCCC(N3CCCC3=O)C2)c(-n2cccn2)c1. The summed E-state index contributed by atoms with van der Waals surface area (Å²) in [4.78, 5) is 16.8. The van der Waals surface area contributed by atoms with Gasteiger partial charge in [-0.2, -0.15) is 5.10 Å². The highest BCUT2D eigenvalue weighted by Gasteiger charge is 2.31. The first-order valence-electron chi connectivity index (χ1n) is 9.74. The molecule has 3 heterocycles. The summed E-state index contributed by atoms with van der Waals surface area (Å²) in [6.07, 6.45) is 7.90. The number of aryl methyl sites for hydroxylation is 2. The minimum atomic E-state index is 0.348. The second-order valence-corrected chi connectivity index (χ2v) is 7.75. The molecule has 138 valence electrons. The Balaban J connectivity index is 1.56. The third kappa shape index (κ3) is 3.40. The summed E-state index contributed by atoms with van der Waals surface area (Å²) in [6.45, 7) is 8.28. The van der Waals surface area contributed by atoms with Crippen molar-refractivity contribution < 1.29 is 4.79 Å². The zero-order chi connectivity index (χ0) is 18.1. The van der Waals surface area contributed by atoms with Gasteiger partial charge in [0.25, 0.3) is 0 Å². The number of nitrogens with zero attached hydrogens (tertiary/aromatic N) is 4. The lowest BCUT2D eigenvalue weighted by atomic mass is 9.99. The van der Waals surface area contributed by atoms with E-state index in [4.69, 9.17) is 0 Å². The van der Waals surface area contributed by atoms with Gasteiger partial charge in [0.1, 0.15) is 0 Å². The number of benzene rings is 1. The van der Waals surface area contributed by atoms with E-state index >= 15 is 0 Å². The van der Waals surface area contributed by atoms with Crippen molar-refractivity contribution in [3.05, 3.63) is 47.3 Å². The van der Waals surface area contributed by atoms with Crippen molar-refractivity contribution in [2.24, 2.45) is 0 Å². The molecule has 0 aliphatic carbocycles. The monoisotopic (exact) mass is 352 g/mol. The van der Waals surface area contributed by atoms with Crippen molar-refractivity contribution in [1.82, 2.24) is 19.6 Å². The summed E-state index contributed by atoms with van der Waals surface area (Å²) >= 11 is 0. The maximum Gasteiger partial charge on any atom is 0.222 e.